The van der Waals surface area contributed by atoms with E-state index in [-0.39, 0.29) is 11.7 Å². The van der Waals surface area contributed by atoms with Gasteiger partial charge in [-0.1, -0.05) is 56.1 Å². The lowest BCUT2D eigenvalue weighted by molar-refractivity contribution is 0.102. The zero-order valence-corrected chi connectivity index (χ0v) is 21.4. The standard InChI is InChI=1S/C23H25Cl2N3O5S/c1-5-10-32-20-17(24)11-15(12-18(20)25)23(2,3)14-6-8-16(9-7-14)26-21(29)19-13-33-22(27-19)28-34(4,30)31/h6-9,11-13H,5,10H2,1-4H3,(H,26,29)(H,27,28). The predicted octanol–water partition coefficient (Wildman–Crippen LogP) is 5.72. The molecular formula is C23H25Cl2N3O5S. The Morgan fingerprint density at radius 3 is 2.29 bits per heavy atom. The number of benzene rings is 2. The summed E-state index contributed by atoms with van der Waals surface area (Å²) < 4.78 is 35.2. The van der Waals surface area contributed by atoms with Gasteiger partial charge in [0.2, 0.25) is 10.0 Å². The van der Waals surface area contributed by atoms with E-state index in [1.54, 1.807) is 12.1 Å². The van der Waals surface area contributed by atoms with Gasteiger partial charge in [0.25, 0.3) is 5.91 Å². The van der Waals surface area contributed by atoms with Gasteiger partial charge in [-0.15, -0.1) is 0 Å². The molecule has 1 aromatic heterocycles. The summed E-state index contributed by atoms with van der Waals surface area (Å²) in [4.78, 5) is 16.3. The smallest absolute Gasteiger partial charge is 0.309 e. The molecule has 11 heteroatoms. The van der Waals surface area contributed by atoms with E-state index in [0.29, 0.717) is 28.1 Å². The maximum absolute atomic E-state index is 12.4. The third-order valence-electron chi connectivity index (χ3n) is 5.04. The summed E-state index contributed by atoms with van der Waals surface area (Å²) in [6, 6.07) is 10.7. The number of carbonyl (C=O) groups is 1. The first-order chi connectivity index (χ1) is 15.9. The van der Waals surface area contributed by atoms with Crippen molar-refractivity contribution in [1.29, 1.82) is 0 Å². The highest BCUT2D eigenvalue weighted by molar-refractivity contribution is 7.91. The highest BCUT2D eigenvalue weighted by Gasteiger charge is 2.26. The summed E-state index contributed by atoms with van der Waals surface area (Å²) in [5.41, 5.74) is 1.92. The Balaban J connectivity index is 1.75. The Kier molecular flexibility index (Phi) is 7.80. The molecule has 0 spiro atoms. The lowest BCUT2D eigenvalue weighted by Crippen LogP contribution is -2.19. The number of hydrogen-bond donors (Lipinski definition) is 2. The van der Waals surface area contributed by atoms with Gasteiger partial charge < -0.3 is 14.5 Å². The number of rotatable bonds is 9. The fourth-order valence-electron chi connectivity index (χ4n) is 3.18. The van der Waals surface area contributed by atoms with E-state index in [2.05, 4.69) is 15.0 Å². The third kappa shape index (κ3) is 6.22. The molecule has 3 rings (SSSR count). The molecule has 1 amide bonds. The van der Waals surface area contributed by atoms with Crippen molar-refractivity contribution in [2.75, 3.05) is 22.9 Å². The average Bonchev–Trinajstić information content (AvgIpc) is 3.20. The summed E-state index contributed by atoms with van der Waals surface area (Å²) in [5, 5.41) is 3.60. The predicted molar refractivity (Wildman–Crippen MR) is 134 cm³/mol. The average molecular weight is 526 g/mol. The van der Waals surface area contributed by atoms with Crippen LogP contribution in [0.5, 0.6) is 5.75 Å². The number of nitrogens with zero attached hydrogens (tertiary/aromatic N) is 1. The number of anilines is 2. The Bertz CT molecular complexity index is 1270. The zero-order valence-electron chi connectivity index (χ0n) is 19.1. The number of sulfonamides is 1. The molecule has 0 saturated heterocycles. The van der Waals surface area contributed by atoms with Crippen molar-refractivity contribution in [2.45, 2.75) is 32.6 Å². The molecule has 0 aliphatic heterocycles. The lowest BCUT2D eigenvalue weighted by Gasteiger charge is -2.27. The molecule has 2 N–H and O–H groups in total. The maximum atomic E-state index is 12.4. The molecule has 0 unspecified atom stereocenters. The van der Waals surface area contributed by atoms with Crippen LogP contribution in [0.4, 0.5) is 11.7 Å². The van der Waals surface area contributed by atoms with Crippen molar-refractivity contribution in [3.05, 3.63) is 69.5 Å². The van der Waals surface area contributed by atoms with Crippen LogP contribution in [0.2, 0.25) is 10.0 Å². The largest absolute Gasteiger partial charge is 0.490 e. The van der Waals surface area contributed by atoms with E-state index in [1.807, 2.05) is 45.0 Å². The minimum atomic E-state index is -3.56. The van der Waals surface area contributed by atoms with Gasteiger partial charge in [-0.25, -0.2) is 13.1 Å². The number of hydrogen-bond acceptors (Lipinski definition) is 6. The molecule has 0 radical (unpaired) electrons. The van der Waals surface area contributed by atoms with Gasteiger partial charge in [-0.2, -0.15) is 4.98 Å². The van der Waals surface area contributed by atoms with Gasteiger partial charge in [0, 0.05) is 11.1 Å². The molecule has 2 aromatic carbocycles. The fraction of sp³-hybridized carbons (Fsp3) is 0.304. The molecule has 0 saturated carbocycles. The van der Waals surface area contributed by atoms with Gasteiger partial charge in [-0.3, -0.25) is 4.79 Å². The van der Waals surface area contributed by atoms with Crippen LogP contribution in [-0.2, 0) is 15.4 Å². The Morgan fingerprint density at radius 1 is 1.12 bits per heavy atom. The topological polar surface area (TPSA) is 111 Å². The molecule has 1 heterocycles. The number of halogens is 2. The van der Waals surface area contributed by atoms with E-state index in [1.165, 1.54) is 0 Å². The van der Waals surface area contributed by atoms with Crippen LogP contribution in [0.15, 0.2) is 47.1 Å². The van der Waals surface area contributed by atoms with Crippen molar-refractivity contribution in [1.82, 2.24) is 4.98 Å². The second-order valence-electron chi connectivity index (χ2n) is 8.19. The summed E-state index contributed by atoms with van der Waals surface area (Å²) in [6.07, 6.45) is 2.87. The second kappa shape index (κ2) is 10.2. The second-order valence-corrected chi connectivity index (χ2v) is 10.7. The Morgan fingerprint density at radius 2 is 1.74 bits per heavy atom. The van der Waals surface area contributed by atoms with Crippen LogP contribution in [0.1, 0.15) is 48.8 Å². The quantitative estimate of drug-likeness (QED) is 0.369. The van der Waals surface area contributed by atoms with E-state index < -0.39 is 21.3 Å². The van der Waals surface area contributed by atoms with Crippen LogP contribution < -0.4 is 14.8 Å². The number of ether oxygens (including phenoxy) is 1. The fourth-order valence-corrected chi connectivity index (χ4v) is 4.19. The van der Waals surface area contributed by atoms with E-state index in [0.717, 1.165) is 30.1 Å². The van der Waals surface area contributed by atoms with Crippen LogP contribution in [0, 0.1) is 0 Å². The first-order valence-electron chi connectivity index (χ1n) is 10.4. The van der Waals surface area contributed by atoms with Crippen molar-refractivity contribution in [3.8, 4) is 5.75 Å². The first-order valence-corrected chi connectivity index (χ1v) is 13.0. The Labute approximate surface area is 208 Å². The minimum absolute atomic E-state index is 0.0646. The number of amides is 1. The first kappa shape index (κ1) is 25.9. The molecule has 3 aromatic rings. The van der Waals surface area contributed by atoms with E-state index in [9.17, 15) is 13.2 Å². The van der Waals surface area contributed by atoms with Gasteiger partial charge in [-0.05, 0) is 41.8 Å². The molecule has 34 heavy (non-hydrogen) atoms. The third-order valence-corrected chi connectivity index (χ3v) is 6.15. The van der Waals surface area contributed by atoms with Crippen LogP contribution in [0.25, 0.3) is 0 Å². The molecular weight excluding hydrogens is 501 g/mol. The molecule has 0 fully saturated rings. The van der Waals surface area contributed by atoms with Gasteiger partial charge in [0.05, 0.1) is 22.9 Å². The molecule has 8 nitrogen and oxygen atoms in total. The summed E-state index contributed by atoms with van der Waals surface area (Å²) in [6.45, 7) is 6.62. The molecule has 182 valence electrons. The molecule has 0 aliphatic carbocycles. The summed E-state index contributed by atoms with van der Waals surface area (Å²) in [7, 11) is -3.56. The number of carbonyl (C=O) groups excluding carboxylic acids is 1. The number of aromatic nitrogens is 1. The van der Waals surface area contributed by atoms with Gasteiger partial charge in [0.15, 0.2) is 11.4 Å². The Hall–Kier alpha value is -2.75. The zero-order chi connectivity index (χ0) is 25.1. The SMILES string of the molecule is CCCOc1c(Cl)cc(C(C)(C)c2ccc(NC(=O)c3coc(NS(C)(=O)=O)n3)cc2)cc1Cl. The lowest BCUT2D eigenvalue weighted by atomic mass is 9.78. The molecule has 0 bridgehead atoms. The highest BCUT2D eigenvalue weighted by atomic mass is 35.5. The van der Waals surface area contributed by atoms with Gasteiger partial charge >= 0.3 is 6.01 Å². The van der Waals surface area contributed by atoms with E-state index in [4.69, 9.17) is 32.4 Å². The van der Waals surface area contributed by atoms with Crippen LogP contribution in [0.3, 0.4) is 0 Å². The van der Waals surface area contributed by atoms with Crippen LogP contribution in [-0.4, -0.2) is 32.2 Å². The summed E-state index contributed by atoms with van der Waals surface area (Å²) >= 11 is 12.9. The summed E-state index contributed by atoms with van der Waals surface area (Å²) in [5.74, 6) is -0.0657. The maximum Gasteiger partial charge on any atom is 0.309 e. The van der Waals surface area contributed by atoms with Crippen molar-refractivity contribution < 1.29 is 22.4 Å². The van der Waals surface area contributed by atoms with Gasteiger partial charge in [0.1, 0.15) is 6.26 Å². The van der Waals surface area contributed by atoms with E-state index >= 15 is 0 Å². The highest BCUT2D eigenvalue weighted by Crippen LogP contribution is 2.40. The molecule has 0 atom stereocenters. The van der Waals surface area contributed by atoms with Crippen molar-refractivity contribution in [3.63, 3.8) is 0 Å². The van der Waals surface area contributed by atoms with Crippen molar-refractivity contribution in [2.24, 2.45) is 0 Å². The minimum Gasteiger partial charge on any atom is -0.490 e. The monoisotopic (exact) mass is 525 g/mol. The molecule has 0 aliphatic rings. The normalized spacial score (nSPS) is 11.8. The number of oxazole rings is 1. The number of nitrogens with one attached hydrogen (secondary N) is 2. The van der Waals surface area contributed by atoms with Crippen LogP contribution >= 0.6 is 23.2 Å². The van der Waals surface area contributed by atoms with Crippen molar-refractivity contribution >= 4 is 50.8 Å².